The van der Waals surface area contributed by atoms with Crippen LogP contribution in [0.4, 0.5) is 9.18 Å². The lowest BCUT2D eigenvalue weighted by Crippen LogP contribution is -2.12. The van der Waals surface area contributed by atoms with Crippen LogP contribution in [0.15, 0.2) is 18.5 Å². The maximum absolute atomic E-state index is 12.7. The number of carbonyl (C=O) groups is 1. The predicted molar refractivity (Wildman–Crippen MR) is 41.4 cm³/mol. The molecule has 1 aromatic heterocycles. The van der Waals surface area contributed by atoms with Crippen LogP contribution in [0.1, 0.15) is 11.7 Å². The largest absolute Gasteiger partial charge is 0.439 e. The van der Waals surface area contributed by atoms with E-state index < -0.39 is 18.0 Å². The molecule has 1 amide bonds. The molecule has 68 valence electrons. The highest BCUT2D eigenvalue weighted by atomic mass is 19.1. The maximum Gasteiger partial charge on any atom is 0.407 e. The van der Waals surface area contributed by atoms with E-state index in [1.54, 1.807) is 0 Å². The number of nitrogens with one attached hydrogen (secondary N) is 1. The van der Waals surface area contributed by atoms with Gasteiger partial charge in [-0.15, -0.1) is 0 Å². The third kappa shape index (κ3) is 1.58. The fourth-order valence-electron chi connectivity index (χ4n) is 1.18. The molecule has 13 heavy (non-hydrogen) atoms. The number of ether oxygens (including phenoxy) is 1. The first kappa shape index (κ1) is 7.97. The Morgan fingerprint density at radius 2 is 2.46 bits per heavy atom. The first-order valence-electron chi connectivity index (χ1n) is 3.80. The predicted octanol–water partition coefficient (Wildman–Crippen LogP) is 1.00. The van der Waals surface area contributed by atoms with Gasteiger partial charge in [-0.05, 0) is 6.07 Å². The van der Waals surface area contributed by atoms with Crippen LogP contribution in [-0.2, 0) is 4.74 Å². The van der Waals surface area contributed by atoms with E-state index >= 15 is 0 Å². The number of halogens is 1. The van der Waals surface area contributed by atoms with Crippen molar-refractivity contribution in [2.45, 2.75) is 6.10 Å². The molecule has 0 aliphatic carbocycles. The summed E-state index contributed by atoms with van der Waals surface area (Å²) in [5, 5.41) is 2.48. The summed E-state index contributed by atoms with van der Waals surface area (Å²) in [5.41, 5.74) is 0.568. The number of amides is 1. The van der Waals surface area contributed by atoms with Gasteiger partial charge in [0.05, 0.1) is 12.7 Å². The Morgan fingerprint density at radius 1 is 1.62 bits per heavy atom. The number of nitrogens with zero attached hydrogens (tertiary/aromatic N) is 1. The number of alkyl carbamates (subject to hydrolysis) is 1. The fraction of sp³-hybridized carbons (Fsp3) is 0.250. The Bertz CT molecular complexity index is 343. The monoisotopic (exact) mass is 182 g/mol. The molecular weight excluding hydrogens is 175 g/mol. The molecule has 1 N–H and O–H groups in total. The first-order chi connectivity index (χ1) is 6.25. The molecule has 1 saturated heterocycles. The van der Waals surface area contributed by atoms with Gasteiger partial charge >= 0.3 is 6.09 Å². The zero-order valence-electron chi connectivity index (χ0n) is 6.66. The molecule has 1 unspecified atom stereocenters. The van der Waals surface area contributed by atoms with Gasteiger partial charge in [0.2, 0.25) is 0 Å². The van der Waals surface area contributed by atoms with Crippen molar-refractivity contribution in [2.75, 3.05) is 6.54 Å². The van der Waals surface area contributed by atoms with E-state index in [4.69, 9.17) is 4.74 Å². The molecule has 1 fully saturated rings. The summed E-state index contributed by atoms with van der Waals surface area (Å²) < 4.78 is 17.5. The van der Waals surface area contributed by atoms with E-state index in [-0.39, 0.29) is 0 Å². The smallest absolute Gasteiger partial charge is 0.407 e. The van der Waals surface area contributed by atoms with E-state index in [9.17, 15) is 9.18 Å². The van der Waals surface area contributed by atoms with Gasteiger partial charge < -0.3 is 10.1 Å². The second kappa shape index (κ2) is 3.01. The minimum atomic E-state index is -0.478. The molecule has 4 nitrogen and oxygen atoms in total. The molecule has 5 heteroatoms. The molecule has 0 bridgehead atoms. The van der Waals surface area contributed by atoms with Crippen molar-refractivity contribution in [1.29, 1.82) is 0 Å². The summed E-state index contributed by atoms with van der Waals surface area (Å²) >= 11 is 0. The van der Waals surface area contributed by atoms with Crippen molar-refractivity contribution in [2.24, 2.45) is 0 Å². The van der Waals surface area contributed by atoms with Crippen LogP contribution in [0, 0.1) is 5.82 Å². The molecule has 2 heterocycles. The van der Waals surface area contributed by atoms with Gasteiger partial charge in [0.15, 0.2) is 0 Å². The van der Waals surface area contributed by atoms with Gasteiger partial charge in [0.25, 0.3) is 0 Å². The van der Waals surface area contributed by atoms with E-state index in [2.05, 4.69) is 10.3 Å². The Morgan fingerprint density at radius 3 is 3.08 bits per heavy atom. The van der Waals surface area contributed by atoms with Crippen molar-refractivity contribution >= 4 is 6.09 Å². The van der Waals surface area contributed by atoms with Gasteiger partial charge in [0, 0.05) is 11.8 Å². The molecule has 0 aromatic carbocycles. The fourth-order valence-corrected chi connectivity index (χ4v) is 1.18. The molecule has 1 aliphatic heterocycles. The summed E-state index contributed by atoms with van der Waals surface area (Å²) in [6.07, 6.45) is 1.69. The quantitative estimate of drug-likeness (QED) is 0.704. The van der Waals surface area contributed by atoms with E-state index in [1.807, 2.05) is 0 Å². The lowest BCUT2D eigenvalue weighted by atomic mass is 10.2. The molecule has 1 aromatic rings. The van der Waals surface area contributed by atoms with Crippen molar-refractivity contribution in [1.82, 2.24) is 10.3 Å². The number of hydrogen-bond donors (Lipinski definition) is 1. The minimum Gasteiger partial charge on any atom is -0.439 e. The van der Waals surface area contributed by atoms with Gasteiger partial charge in [-0.3, -0.25) is 4.98 Å². The van der Waals surface area contributed by atoms with Crippen LogP contribution >= 0.6 is 0 Å². The first-order valence-corrected chi connectivity index (χ1v) is 3.80. The van der Waals surface area contributed by atoms with Crippen LogP contribution in [-0.4, -0.2) is 17.6 Å². The highest BCUT2D eigenvalue weighted by Crippen LogP contribution is 2.19. The normalized spacial score (nSPS) is 21.0. The SMILES string of the molecule is O=C1NCC(c2cncc(F)c2)O1. The number of aromatic nitrogens is 1. The molecule has 2 rings (SSSR count). The van der Waals surface area contributed by atoms with Crippen molar-refractivity contribution in [3.63, 3.8) is 0 Å². The van der Waals surface area contributed by atoms with Crippen LogP contribution < -0.4 is 5.32 Å². The summed E-state index contributed by atoms with van der Waals surface area (Å²) in [7, 11) is 0. The highest BCUT2D eigenvalue weighted by Gasteiger charge is 2.24. The van der Waals surface area contributed by atoms with Gasteiger partial charge in [0.1, 0.15) is 11.9 Å². The van der Waals surface area contributed by atoms with Crippen molar-refractivity contribution < 1.29 is 13.9 Å². The second-order valence-electron chi connectivity index (χ2n) is 2.71. The third-order valence-electron chi connectivity index (χ3n) is 1.78. The van der Waals surface area contributed by atoms with Gasteiger partial charge in [-0.1, -0.05) is 0 Å². The van der Waals surface area contributed by atoms with Gasteiger partial charge in [-0.2, -0.15) is 0 Å². The Hall–Kier alpha value is -1.65. The Labute approximate surface area is 73.7 Å². The zero-order valence-corrected chi connectivity index (χ0v) is 6.66. The molecule has 0 spiro atoms. The van der Waals surface area contributed by atoms with E-state index in [0.29, 0.717) is 12.1 Å². The van der Waals surface area contributed by atoms with E-state index in [1.165, 1.54) is 12.3 Å². The van der Waals surface area contributed by atoms with Crippen LogP contribution in [0.3, 0.4) is 0 Å². The number of hydrogen-bond acceptors (Lipinski definition) is 3. The average molecular weight is 182 g/mol. The summed E-state index contributed by atoms with van der Waals surface area (Å²) in [5.74, 6) is -0.430. The van der Waals surface area contributed by atoms with Crippen molar-refractivity contribution in [3.8, 4) is 0 Å². The van der Waals surface area contributed by atoms with Gasteiger partial charge in [-0.25, -0.2) is 9.18 Å². The van der Waals surface area contributed by atoms with E-state index in [0.717, 1.165) is 6.20 Å². The number of pyridine rings is 1. The summed E-state index contributed by atoms with van der Waals surface area (Å²) in [6.45, 7) is 0.365. The number of rotatable bonds is 1. The topological polar surface area (TPSA) is 51.2 Å². The molecule has 0 saturated carbocycles. The minimum absolute atomic E-state index is 0.365. The van der Waals surface area contributed by atoms with Crippen LogP contribution in [0.5, 0.6) is 0 Å². The molecule has 0 radical (unpaired) electrons. The summed E-state index contributed by atoms with van der Waals surface area (Å²) in [4.78, 5) is 14.3. The lowest BCUT2D eigenvalue weighted by Gasteiger charge is -2.06. The molecule has 1 atom stereocenters. The molecular formula is C8H7FN2O2. The Kier molecular flexibility index (Phi) is 1.84. The van der Waals surface area contributed by atoms with Crippen LogP contribution in [0.2, 0.25) is 0 Å². The zero-order chi connectivity index (χ0) is 9.26. The summed E-state index contributed by atoms with van der Waals surface area (Å²) in [6, 6.07) is 1.30. The number of carbonyl (C=O) groups excluding carboxylic acids is 1. The third-order valence-corrected chi connectivity index (χ3v) is 1.78. The number of cyclic esters (lactones) is 1. The second-order valence-corrected chi connectivity index (χ2v) is 2.71. The molecule has 1 aliphatic rings. The van der Waals surface area contributed by atoms with Crippen molar-refractivity contribution in [3.05, 3.63) is 29.8 Å². The standard InChI is InChI=1S/C8H7FN2O2/c9-6-1-5(2-10-3-6)7-4-11-8(12)13-7/h1-3,7H,4H2,(H,11,12). The Balaban J connectivity index is 2.21. The highest BCUT2D eigenvalue weighted by molar-refractivity contribution is 5.69. The lowest BCUT2D eigenvalue weighted by molar-refractivity contribution is 0.140. The maximum atomic E-state index is 12.7. The van der Waals surface area contributed by atoms with Crippen LogP contribution in [0.25, 0.3) is 0 Å². The average Bonchev–Trinajstić information content (AvgIpc) is 2.52.